The highest BCUT2D eigenvalue weighted by molar-refractivity contribution is 5.94. The van der Waals surface area contributed by atoms with Gasteiger partial charge in [-0.15, -0.1) is 0 Å². The molecule has 2 N–H and O–H groups in total. The maximum atomic E-state index is 12.2. The Morgan fingerprint density at radius 2 is 2.19 bits per heavy atom. The minimum Gasteiger partial charge on any atom is -0.454 e. The summed E-state index contributed by atoms with van der Waals surface area (Å²) in [6, 6.07) is 9.08. The quantitative estimate of drug-likeness (QED) is 0.857. The van der Waals surface area contributed by atoms with E-state index in [0.717, 1.165) is 30.2 Å². The number of pyridine rings is 1. The molecule has 7 nitrogen and oxygen atoms in total. The van der Waals surface area contributed by atoms with Crippen LogP contribution in [0.1, 0.15) is 22.3 Å². The predicted molar refractivity (Wildman–Crippen MR) is 94.0 cm³/mol. The molecule has 2 aliphatic heterocycles. The number of aliphatic hydroxyl groups is 1. The lowest BCUT2D eigenvalue weighted by molar-refractivity contribution is 0.0349. The zero-order chi connectivity index (χ0) is 17.9. The van der Waals surface area contributed by atoms with E-state index in [4.69, 9.17) is 9.47 Å². The molecule has 3 heterocycles. The van der Waals surface area contributed by atoms with Crippen molar-refractivity contribution in [3.8, 4) is 11.5 Å². The Bertz CT molecular complexity index is 784. The Morgan fingerprint density at radius 1 is 1.31 bits per heavy atom. The third-order valence-electron chi connectivity index (χ3n) is 4.75. The lowest BCUT2D eigenvalue weighted by Gasteiger charge is -2.36. The van der Waals surface area contributed by atoms with Crippen molar-refractivity contribution in [3.05, 3.63) is 53.9 Å². The van der Waals surface area contributed by atoms with E-state index in [-0.39, 0.29) is 18.7 Å². The molecule has 1 amide bonds. The highest BCUT2D eigenvalue weighted by Crippen LogP contribution is 2.33. The number of amides is 1. The van der Waals surface area contributed by atoms with Gasteiger partial charge >= 0.3 is 0 Å². The smallest absolute Gasteiger partial charge is 0.253 e. The van der Waals surface area contributed by atoms with Crippen LogP contribution in [0.3, 0.4) is 0 Å². The molecular formula is C19H21N3O4. The summed E-state index contributed by atoms with van der Waals surface area (Å²) >= 11 is 0. The second-order valence-corrected chi connectivity index (χ2v) is 6.60. The van der Waals surface area contributed by atoms with E-state index in [1.807, 2.05) is 18.2 Å². The minimum absolute atomic E-state index is 0.202. The van der Waals surface area contributed by atoms with Gasteiger partial charge in [0.2, 0.25) is 6.79 Å². The third kappa shape index (κ3) is 3.63. The Labute approximate surface area is 151 Å². The summed E-state index contributed by atoms with van der Waals surface area (Å²) in [5.41, 5.74) is 1.61. The standard InChI is InChI=1S/C19H21N3O4/c23-16-11-22(10-13-3-4-17-18(8-13)26-12-25-17)7-5-15(16)21-19(24)14-2-1-6-20-9-14/h1-4,6,8-9,15-16,23H,5,7,10-12H2,(H,21,24)/t15-,16-/m1/s1. The first-order valence-electron chi connectivity index (χ1n) is 8.69. The van der Waals surface area contributed by atoms with Crippen LogP contribution in [0.4, 0.5) is 0 Å². The molecule has 0 aliphatic carbocycles. The van der Waals surface area contributed by atoms with E-state index in [0.29, 0.717) is 18.5 Å². The number of hydrogen-bond donors (Lipinski definition) is 2. The first kappa shape index (κ1) is 16.8. The molecule has 0 unspecified atom stereocenters. The largest absolute Gasteiger partial charge is 0.454 e. The lowest BCUT2D eigenvalue weighted by atomic mass is 10.0. The predicted octanol–water partition coefficient (Wildman–Crippen LogP) is 1.18. The van der Waals surface area contributed by atoms with Gasteiger partial charge in [0.1, 0.15) is 0 Å². The normalized spacial score (nSPS) is 22.2. The highest BCUT2D eigenvalue weighted by atomic mass is 16.7. The average Bonchev–Trinajstić information content (AvgIpc) is 3.12. The van der Waals surface area contributed by atoms with Gasteiger partial charge in [-0.2, -0.15) is 0 Å². The second-order valence-electron chi connectivity index (χ2n) is 6.60. The van der Waals surface area contributed by atoms with E-state index in [9.17, 15) is 9.90 Å². The number of carbonyl (C=O) groups is 1. The number of carbonyl (C=O) groups excluding carboxylic acids is 1. The second kappa shape index (κ2) is 7.31. The highest BCUT2D eigenvalue weighted by Gasteiger charge is 2.29. The first-order chi connectivity index (χ1) is 12.7. The van der Waals surface area contributed by atoms with Gasteiger partial charge in [-0.25, -0.2) is 0 Å². The van der Waals surface area contributed by atoms with Crippen LogP contribution in [-0.2, 0) is 6.54 Å². The van der Waals surface area contributed by atoms with Crippen LogP contribution in [0.5, 0.6) is 11.5 Å². The summed E-state index contributed by atoms with van der Waals surface area (Å²) in [5.74, 6) is 1.33. The van der Waals surface area contributed by atoms with Gasteiger partial charge < -0.3 is 19.9 Å². The van der Waals surface area contributed by atoms with Crippen LogP contribution in [0.15, 0.2) is 42.7 Å². The number of rotatable bonds is 4. The van der Waals surface area contributed by atoms with E-state index in [1.54, 1.807) is 18.3 Å². The molecule has 0 saturated carbocycles. The summed E-state index contributed by atoms with van der Waals surface area (Å²) in [7, 11) is 0. The molecule has 1 fully saturated rings. The number of aliphatic hydroxyl groups excluding tert-OH is 1. The number of nitrogens with one attached hydrogen (secondary N) is 1. The van der Waals surface area contributed by atoms with Gasteiger partial charge in [-0.3, -0.25) is 14.7 Å². The molecule has 2 atom stereocenters. The Kier molecular flexibility index (Phi) is 4.73. The molecule has 0 bridgehead atoms. The molecule has 4 rings (SSSR count). The summed E-state index contributed by atoms with van der Waals surface area (Å²) < 4.78 is 10.7. The van der Waals surface area contributed by atoms with Crippen molar-refractivity contribution in [1.82, 2.24) is 15.2 Å². The number of fused-ring (bicyclic) bond motifs is 1. The van der Waals surface area contributed by atoms with E-state index >= 15 is 0 Å². The van der Waals surface area contributed by atoms with Crippen LogP contribution < -0.4 is 14.8 Å². The average molecular weight is 355 g/mol. The molecule has 1 saturated heterocycles. The number of likely N-dealkylation sites (tertiary alicyclic amines) is 1. The van der Waals surface area contributed by atoms with Crippen LogP contribution in [-0.4, -0.2) is 52.9 Å². The number of ether oxygens (including phenoxy) is 2. The lowest BCUT2D eigenvalue weighted by Crippen LogP contribution is -2.53. The van der Waals surface area contributed by atoms with E-state index in [1.165, 1.54) is 6.20 Å². The SMILES string of the molecule is O=C(N[C@@H]1CCN(Cc2ccc3c(c2)OCO3)C[C@H]1O)c1cccnc1. The van der Waals surface area contributed by atoms with Crippen molar-refractivity contribution < 1.29 is 19.4 Å². The van der Waals surface area contributed by atoms with Crippen LogP contribution in [0.25, 0.3) is 0 Å². The first-order valence-corrected chi connectivity index (χ1v) is 8.69. The van der Waals surface area contributed by atoms with Gasteiger partial charge in [-0.05, 0) is 36.2 Å². The van der Waals surface area contributed by atoms with E-state index < -0.39 is 6.10 Å². The monoisotopic (exact) mass is 355 g/mol. The molecule has 136 valence electrons. The van der Waals surface area contributed by atoms with Crippen molar-refractivity contribution in [2.75, 3.05) is 19.9 Å². The molecule has 1 aromatic heterocycles. The number of piperidine rings is 1. The van der Waals surface area contributed by atoms with Crippen molar-refractivity contribution in [3.63, 3.8) is 0 Å². The summed E-state index contributed by atoms with van der Waals surface area (Å²) in [5, 5.41) is 13.4. The molecular weight excluding hydrogens is 334 g/mol. The van der Waals surface area contributed by atoms with E-state index in [2.05, 4.69) is 15.2 Å². The zero-order valence-corrected chi connectivity index (χ0v) is 14.3. The number of hydrogen-bond acceptors (Lipinski definition) is 6. The Balaban J connectivity index is 1.33. The van der Waals surface area contributed by atoms with Crippen LogP contribution in [0, 0.1) is 0 Å². The summed E-state index contributed by atoms with van der Waals surface area (Å²) in [4.78, 5) is 18.4. The van der Waals surface area contributed by atoms with Gasteiger partial charge in [-0.1, -0.05) is 6.07 Å². The summed E-state index contributed by atoms with van der Waals surface area (Å²) in [6.07, 6.45) is 3.23. The molecule has 0 radical (unpaired) electrons. The van der Waals surface area contributed by atoms with Gasteiger partial charge in [0.15, 0.2) is 11.5 Å². The number of benzene rings is 1. The zero-order valence-electron chi connectivity index (χ0n) is 14.3. The molecule has 26 heavy (non-hydrogen) atoms. The summed E-state index contributed by atoms with van der Waals surface area (Å²) in [6.45, 7) is 2.28. The topological polar surface area (TPSA) is 83.9 Å². The van der Waals surface area contributed by atoms with Crippen molar-refractivity contribution in [2.45, 2.75) is 25.1 Å². The van der Waals surface area contributed by atoms with Crippen molar-refractivity contribution in [2.24, 2.45) is 0 Å². The van der Waals surface area contributed by atoms with Crippen LogP contribution >= 0.6 is 0 Å². The van der Waals surface area contributed by atoms with Crippen LogP contribution in [0.2, 0.25) is 0 Å². The van der Waals surface area contributed by atoms with Crippen molar-refractivity contribution >= 4 is 5.91 Å². The maximum absolute atomic E-state index is 12.2. The number of aromatic nitrogens is 1. The Morgan fingerprint density at radius 3 is 3.00 bits per heavy atom. The molecule has 7 heteroatoms. The maximum Gasteiger partial charge on any atom is 0.253 e. The molecule has 1 aromatic carbocycles. The van der Waals surface area contributed by atoms with Gasteiger partial charge in [0.05, 0.1) is 17.7 Å². The Hall–Kier alpha value is -2.64. The van der Waals surface area contributed by atoms with Gasteiger partial charge in [0, 0.05) is 32.0 Å². The minimum atomic E-state index is -0.613. The molecule has 0 spiro atoms. The fourth-order valence-electron chi connectivity index (χ4n) is 3.36. The fraction of sp³-hybridized carbons (Fsp3) is 0.368. The number of nitrogens with zero attached hydrogens (tertiary/aromatic N) is 2. The number of β-amino-alcohol motifs (C(OH)–C–C–N with tert-alkyl or cyclic N) is 1. The molecule has 2 aromatic rings. The fourth-order valence-corrected chi connectivity index (χ4v) is 3.36. The molecule has 2 aliphatic rings. The van der Waals surface area contributed by atoms with Crippen molar-refractivity contribution in [1.29, 1.82) is 0 Å². The third-order valence-corrected chi connectivity index (χ3v) is 4.75. The van der Waals surface area contributed by atoms with Gasteiger partial charge in [0.25, 0.3) is 5.91 Å².